The minimum absolute atomic E-state index is 0.911. The van der Waals surface area contributed by atoms with Crippen molar-refractivity contribution in [3.05, 3.63) is 109 Å². The van der Waals surface area contributed by atoms with Crippen LogP contribution in [0.15, 0.2) is 109 Å². The van der Waals surface area contributed by atoms with Gasteiger partial charge in [-0.05, 0) is 48.5 Å². The van der Waals surface area contributed by atoms with Crippen molar-refractivity contribution in [1.29, 1.82) is 0 Å². The molecule has 0 saturated carbocycles. The second-order valence-electron chi connectivity index (χ2n) is 9.03. The number of rotatable bonds is 2. The Morgan fingerprint density at radius 1 is 0.389 bits per heavy atom. The Bertz CT molecular complexity index is 1960. The number of fused-ring (bicyclic) bond motifs is 7. The summed E-state index contributed by atoms with van der Waals surface area (Å²) >= 11 is 3.67. The quantitative estimate of drug-likeness (QED) is 0.239. The monoisotopic (exact) mass is 494 g/mol. The summed E-state index contributed by atoms with van der Waals surface area (Å²) in [7, 11) is 0. The molecule has 0 aliphatic carbocycles. The highest BCUT2D eigenvalue weighted by molar-refractivity contribution is 7.26. The molecule has 0 atom stereocenters. The summed E-state index contributed by atoms with van der Waals surface area (Å²) in [6.45, 7) is 0. The highest BCUT2D eigenvalue weighted by atomic mass is 32.1. The molecule has 5 aromatic carbocycles. The van der Waals surface area contributed by atoms with Crippen LogP contribution in [0, 0.1) is 0 Å². The molecule has 0 spiro atoms. The molecule has 8 aromatic rings. The van der Waals surface area contributed by atoms with Crippen molar-refractivity contribution in [3.8, 4) is 22.5 Å². The van der Waals surface area contributed by atoms with Gasteiger partial charge in [-0.25, -0.2) is 9.97 Å². The van der Waals surface area contributed by atoms with Gasteiger partial charge < -0.3 is 0 Å². The van der Waals surface area contributed by atoms with E-state index in [1.165, 1.54) is 40.3 Å². The lowest BCUT2D eigenvalue weighted by Gasteiger charge is -2.11. The molecule has 0 amide bonds. The number of para-hydroxylation sites is 2. The summed E-state index contributed by atoms with van der Waals surface area (Å²) in [6, 6.07) is 38.8. The van der Waals surface area contributed by atoms with Crippen molar-refractivity contribution < 1.29 is 0 Å². The maximum atomic E-state index is 5.17. The van der Waals surface area contributed by atoms with E-state index in [1.807, 2.05) is 46.9 Å². The summed E-state index contributed by atoms with van der Waals surface area (Å²) in [5, 5.41) is 5.13. The standard InChI is InChI=1S/C32H18N2S2/c1-5-11-27-21(7-1)23-17-19(13-15-29(23)35-27)31-32(34-26-10-4-3-9-25(26)33-31)20-14-16-30-24(18-20)22-8-2-6-12-28(22)36-30/h1-18H. The van der Waals surface area contributed by atoms with Crippen LogP contribution in [0.3, 0.4) is 0 Å². The van der Waals surface area contributed by atoms with E-state index in [-0.39, 0.29) is 0 Å². The van der Waals surface area contributed by atoms with Crippen LogP contribution in [0.25, 0.3) is 73.9 Å². The zero-order valence-corrected chi connectivity index (χ0v) is 20.7. The third kappa shape index (κ3) is 3.02. The third-order valence-corrected chi connectivity index (χ3v) is 9.17. The van der Waals surface area contributed by atoms with Crippen LogP contribution in [0.1, 0.15) is 0 Å². The Kier molecular flexibility index (Phi) is 4.30. The summed E-state index contributed by atoms with van der Waals surface area (Å²) < 4.78 is 5.20. The van der Waals surface area contributed by atoms with Crippen LogP contribution >= 0.6 is 22.7 Å². The molecule has 168 valence electrons. The van der Waals surface area contributed by atoms with E-state index < -0.39 is 0 Å². The lowest BCUT2D eigenvalue weighted by Crippen LogP contribution is -1.95. The number of aromatic nitrogens is 2. The summed E-state index contributed by atoms with van der Waals surface area (Å²) in [4.78, 5) is 10.3. The van der Waals surface area contributed by atoms with Crippen molar-refractivity contribution in [1.82, 2.24) is 9.97 Å². The largest absolute Gasteiger partial charge is 0.244 e. The van der Waals surface area contributed by atoms with Crippen LogP contribution in [0.2, 0.25) is 0 Å². The number of nitrogens with zero attached hydrogens (tertiary/aromatic N) is 2. The van der Waals surface area contributed by atoms with E-state index in [9.17, 15) is 0 Å². The van der Waals surface area contributed by atoms with E-state index in [1.54, 1.807) is 0 Å². The topological polar surface area (TPSA) is 25.8 Å². The first-order chi connectivity index (χ1) is 17.8. The number of benzene rings is 5. The van der Waals surface area contributed by atoms with E-state index in [4.69, 9.17) is 9.97 Å². The molecule has 4 heteroatoms. The van der Waals surface area contributed by atoms with Gasteiger partial charge in [0.25, 0.3) is 0 Å². The number of hydrogen-bond donors (Lipinski definition) is 0. The van der Waals surface area contributed by atoms with E-state index in [0.29, 0.717) is 0 Å². The molecule has 0 aliphatic rings. The van der Waals surface area contributed by atoms with E-state index >= 15 is 0 Å². The zero-order chi connectivity index (χ0) is 23.6. The molecule has 0 N–H and O–H groups in total. The molecule has 0 bridgehead atoms. The van der Waals surface area contributed by atoms with Crippen molar-refractivity contribution >= 4 is 74.1 Å². The smallest absolute Gasteiger partial charge is 0.0973 e. The molecule has 0 unspecified atom stereocenters. The Hall–Kier alpha value is -4.12. The first-order valence-corrected chi connectivity index (χ1v) is 13.6. The maximum Gasteiger partial charge on any atom is 0.0973 e. The Morgan fingerprint density at radius 2 is 0.806 bits per heavy atom. The van der Waals surface area contributed by atoms with Gasteiger partial charge in [0.15, 0.2) is 0 Å². The molecular weight excluding hydrogens is 477 g/mol. The molecule has 0 radical (unpaired) electrons. The minimum atomic E-state index is 0.911. The lowest BCUT2D eigenvalue weighted by molar-refractivity contribution is 1.30. The maximum absolute atomic E-state index is 5.17. The van der Waals surface area contributed by atoms with Gasteiger partial charge in [0.2, 0.25) is 0 Å². The number of hydrogen-bond acceptors (Lipinski definition) is 4. The second-order valence-corrected chi connectivity index (χ2v) is 11.2. The van der Waals surface area contributed by atoms with Gasteiger partial charge in [0, 0.05) is 51.5 Å². The molecule has 0 saturated heterocycles. The molecule has 3 heterocycles. The molecule has 2 nitrogen and oxygen atoms in total. The van der Waals surface area contributed by atoms with E-state index in [0.717, 1.165) is 33.5 Å². The van der Waals surface area contributed by atoms with Gasteiger partial charge in [0.1, 0.15) is 0 Å². The van der Waals surface area contributed by atoms with Gasteiger partial charge in [0.05, 0.1) is 22.4 Å². The van der Waals surface area contributed by atoms with Crippen LogP contribution in [0.4, 0.5) is 0 Å². The van der Waals surface area contributed by atoms with Gasteiger partial charge in [-0.2, -0.15) is 0 Å². The van der Waals surface area contributed by atoms with Gasteiger partial charge in [-0.3, -0.25) is 0 Å². The molecule has 36 heavy (non-hydrogen) atoms. The van der Waals surface area contributed by atoms with Gasteiger partial charge >= 0.3 is 0 Å². The third-order valence-electron chi connectivity index (χ3n) is 6.87. The zero-order valence-electron chi connectivity index (χ0n) is 19.1. The van der Waals surface area contributed by atoms with Crippen LogP contribution in [-0.4, -0.2) is 9.97 Å². The van der Waals surface area contributed by atoms with Crippen LogP contribution in [-0.2, 0) is 0 Å². The molecule has 0 fully saturated rings. The van der Waals surface area contributed by atoms with Crippen molar-refractivity contribution in [3.63, 3.8) is 0 Å². The van der Waals surface area contributed by atoms with Crippen LogP contribution < -0.4 is 0 Å². The lowest BCUT2D eigenvalue weighted by atomic mass is 10.00. The highest BCUT2D eigenvalue weighted by Crippen LogP contribution is 2.40. The SMILES string of the molecule is c1ccc2nc(-c3ccc4sc5ccccc5c4c3)c(-c3ccc4sc5ccccc5c4c3)nc2c1. The van der Waals surface area contributed by atoms with Crippen molar-refractivity contribution in [2.24, 2.45) is 0 Å². The van der Waals surface area contributed by atoms with Gasteiger partial charge in [-0.1, -0.05) is 60.7 Å². The highest BCUT2D eigenvalue weighted by Gasteiger charge is 2.16. The molecular formula is C32H18N2S2. The second kappa shape index (κ2) is 7.69. The fourth-order valence-electron chi connectivity index (χ4n) is 5.15. The predicted molar refractivity (Wildman–Crippen MR) is 156 cm³/mol. The molecule has 0 aliphatic heterocycles. The van der Waals surface area contributed by atoms with Gasteiger partial charge in [-0.15, -0.1) is 22.7 Å². The fraction of sp³-hybridized carbons (Fsp3) is 0. The summed E-state index contributed by atoms with van der Waals surface area (Å²) in [6.07, 6.45) is 0. The first kappa shape index (κ1) is 20.1. The average Bonchev–Trinajstić information content (AvgIpc) is 3.50. The van der Waals surface area contributed by atoms with Crippen molar-refractivity contribution in [2.45, 2.75) is 0 Å². The first-order valence-electron chi connectivity index (χ1n) is 11.9. The van der Waals surface area contributed by atoms with Crippen LogP contribution in [0.5, 0.6) is 0 Å². The average molecular weight is 495 g/mol. The molecule has 3 aromatic heterocycles. The Morgan fingerprint density at radius 3 is 1.31 bits per heavy atom. The minimum Gasteiger partial charge on any atom is -0.244 e. The predicted octanol–water partition coefficient (Wildman–Crippen LogP) is 9.70. The van der Waals surface area contributed by atoms with E-state index in [2.05, 4.69) is 84.9 Å². The normalized spacial score (nSPS) is 11.9. The number of thiophene rings is 2. The summed E-state index contributed by atoms with van der Waals surface area (Å²) in [5.74, 6) is 0. The Labute approximate surface area is 215 Å². The Balaban J connectivity index is 1.42. The molecule has 8 rings (SSSR count). The van der Waals surface area contributed by atoms with Crippen molar-refractivity contribution in [2.75, 3.05) is 0 Å². The fourth-order valence-corrected chi connectivity index (χ4v) is 7.32. The summed E-state index contributed by atoms with van der Waals surface area (Å²) in [5.41, 5.74) is 5.85.